The van der Waals surface area contributed by atoms with Crippen molar-refractivity contribution in [3.8, 4) is 11.4 Å². The molecule has 3 heterocycles. The number of rotatable bonds is 3. The normalized spacial score (nSPS) is 11.7. The van der Waals surface area contributed by atoms with Crippen LogP contribution in [0.15, 0.2) is 54.9 Å². The molecule has 0 aliphatic heterocycles. The molecular formula is C20H20N6. The highest BCUT2D eigenvalue weighted by Crippen LogP contribution is 2.28. The van der Waals surface area contributed by atoms with Crippen molar-refractivity contribution in [2.45, 2.75) is 26.2 Å². The Balaban J connectivity index is 1.79. The number of pyridine rings is 1. The van der Waals surface area contributed by atoms with Crippen LogP contribution in [0.2, 0.25) is 0 Å². The predicted octanol–water partition coefficient (Wildman–Crippen LogP) is 4.46. The zero-order valence-corrected chi connectivity index (χ0v) is 15.0. The topological polar surface area (TPSA) is 79.4 Å². The smallest absolute Gasteiger partial charge is 0.162 e. The Bertz CT molecular complexity index is 1050. The average Bonchev–Trinajstić information content (AvgIpc) is 3.11. The number of para-hydroxylation sites is 1. The highest BCUT2D eigenvalue weighted by Gasteiger charge is 2.18. The van der Waals surface area contributed by atoms with E-state index in [9.17, 15) is 0 Å². The summed E-state index contributed by atoms with van der Waals surface area (Å²) in [5.74, 6) is 2.20. The molecule has 0 aliphatic carbocycles. The number of benzene rings is 1. The number of nitrogens with one attached hydrogen (secondary N) is 2. The Kier molecular flexibility index (Phi) is 3.88. The maximum Gasteiger partial charge on any atom is 0.162 e. The molecular weight excluding hydrogens is 324 g/mol. The van der Waals surface area contributed by atoms with Crippen LogP contribution in [0, 0.1) is 0 Å². The van der Waals surface area contributed by atoms with Gasteiger partial charge < -0.3 is 5.32 Å². The number of anilines is 2. The predicted molar refractivity (Wildman–Crippen MR) is 103 cm³/mol. The van der Waals surface area contributed by atoms with Crippen LogP contribution in [-0.2, 0) is 5.41 Å². The molecule has 4 rings (SSSR count). The molecule has 4 aromatic rings. The molecule has 26 heavy (non-hydrogen) atoms. The van der Waals surface area contributed by atoms with Gasteiger partial charge in [-0.25, -0.2) is 9.97 Å². The molecule has 3 aromatic heterocycles. The molecule has 0 bridgehead atoms. The van der Waals surface area contributed by atoms with E-state index in [0.29, 0.717) is 5.82 Å². The van der Waals surface area contributed by atoms with Crippen molar-refractivity contribution in [1.29, 1.82) is 0 Å². The van der Waals surface area contributed by atoms with Crippen LogP contribution in [-0.4, -0.2) is 25.1 Å². The molecule has 6 heteroatoms. The Morgan fingerprint density at radius 1 is 0.962 bits per heavy atom. The maximum absolute atomic E-state index is 4.74. The summed E-state index contributed by atoms with van der Waals surface area (Å²) in [6, 6.07) is 13.8. The third kappa shape index (κ3) is 3.13. The van der Waals surface area contributed by atoms with Crippen molar-refractivity contribution in [3.63, 3.8) is 0 Å². The van der Waals surface area contributed by atoms with E-state index in [2.05, 4.69) is 46.3 Å². The Hall–Kier alpha value is -3.28. The average molecular weight is 344 g/mol. The summed E-state index contributed by atoms with van der Waals surface area (Å²) in [6.07, 6.45) is 3.48. The summed E-state index contributed by atoms with van der Waals surface area (Å²) in [4.78, 5) is 13.5. The number of nitrogens with zero attached hydrogens (tertiary/aromatic N) is 4. The van der Waals surface area contributed by atoms with Crippen molar-refractivity contribution in [3.05, 3.63) is 60.6 Å². The molecule has 130 valence electrons. The van der Waals surface area contributed by atoms with E-state index in [1.165, 1.54) is 0 Å². The van der Waals surface area contributed by atoms with E-state index >= 15 is 0 Å². The van der Waals surface area contributed by atoms with Crippen molar-refractivity contribution in [2.75, 3.05) is 5.32 Å². The molecule has 0 saturated carbocycles. The highest BCUT2D eigenvalue weighted by atomic mass is 15.2. The van der Waals surface area contributed by atoms with Crippen LogP contribution >= 0.6 is 0 Å². The SMILES string of the molecule is CC(C)(C)c1cc(Nc2nc(-c3ccncc3)nc3ccccc23)[nH]n1. The molecule has 0 atom stereocenters. The van der Waals surface area contributed by atoms with Crippen LogP contribution in [0.4, 0.5) is 11.6 Å². The minimum Gasteiger partial charge on any atom is -0.325 e. The van der Waals surface area contributed by atoms with Gasteiger partial charge in [-0.3, -0.25) is 10.1 Å². The Morgan fingerprint density at radius 2 is 1.73 bits per heavy atom. The lowest BCUT2D eigenvalue weighted by Gasteiger charge is -2.13. The monoisotopic (exact) mass is 344 g/mol. The fraction of sp³-hybridized carbons (Fsp3) is 0.200. The number of aromatic nitrogens is 5. The standard InChI is InChI=1S/C20H20N6/c1-20(2,3)16-12-17(26-25-16)23-19-14-6-4-5-7-15(14)22-18(24-19)13-8-10-21-11-9-13/h4-12H,1-3H3,(H2,22,23,24,25,26). The van der Waals surface area contributed by atoms with Gasteiger partial charge in [-0.15, -0.1) is 0 Å². The largest absolute Gasteiger partial charge is 0.325 e. The zero-order valence-electron chi connectivity index (χ0n) is 15.0. The van der Waals surface area contributed by atoms with Gasteiger partial charge in [-0.05, 0) is 24.3 Å². The number of hydrogen-bond donors (Lipinski definition) is 2. The van der Waals surface area contributed by atoms with E-state index in [1.54, 1.807) is 12.4 Å². The first-order valence-corrected chi connectivity index (χ1v) is 8.51. The molecule has 0 radical (unpaired) electrons. The second kappa shape index (κ2) is 6.22. The summed E-state index contributed by atoms with van der Waals surface area (Å²) in [7, 11) is 0. The van der Waals surface area contributed by atoms with Gasteiger partial charge in [0.2, 0.25) is 0 Å². The lowest BCUT2D eigenvalue weighted by atomic mass is 9.92. The maximum atomic E-state index is 4.74. The van der Waals surface area contributed by atoms with Gasteiger partial charge >= 0.3 is 0 Å². The first kappa shape index (κ1) is 16.2. The van der Waals surface area contributed by atoms with Crippen LogP contribution in [0.5, 0.6) is 0 Å². The number of hydrogen-bond acceptors (Lipinski definition) is 5. The number of H-pyrrole nitrogens is 1. The molecule has 2 N–H and O–H groups in total. The van der Waals surface area contributed by atoms with Crippen LogP contribution in [0.3, 0.4) is 0 Å². The van der Waals surface area contributed by atoms with Crippen molar-refractivity contribution in [1.82, 2.24) is 25.1 Å². The second-order valence-electron chi connectivity index (χ2n) is 7.19. The molecule has 6 nitrogen and oxygen atoms in total. The van der Waals surface area contributed by atoms with Crippen molar-refractivity contribution >= 4 is 22.5 Å². The molecule has 0 fully saturated rings. The van der Waals surface area contributed by atoms with E-state index < -0.39 is 0 Å². The molecule has 0 amide bonds. The third-order valence-electron chi connectivity index (χ3n) is 4.14. The lowest BCUT2D eigenvalue weighted by molar-refractivity contribution is 0.567. The molecule has 0 aliphatic rings. The van der Waals surface area contributed by atoms with Gasteiger partial charge in [-0.2, -0.15) is 5.10 Å². The van der Waals surface area contributed by atoms with Crippen LogP contribution < -0.4 is 5.32 Å². The van der Waals surface area contributed by atoms with Gasteiger partial charge in [-0.1, -0.05) is 32.9 Å². The summed E-state index contributed by atoms with van der Waals surface area (Å²) >= 11 is 0. The number of aromatic amines is 1. The minimum absolute atomic E-state index is 0.0215. The first-order chi connectivity index (χ1) is 12.5. The van der Waals surface area contributed by atoms with E-state index in [1.807, 2.05) is 42.5 Å². The molecule has 0 unspecified atom stereocenters. The first-order valence-electron chi connectivity index (χ1n) is 8.51. The highest BCUT2D eigenvalue weighted by molar-refractivity contribution is 5.91. The summed E-state index contributed by atoms with van der Waals surface area (Å²) in [5.41, 5.74) is 2.78. The van der Waals surface area contributed by atoms with Gasteiger partial charge in [0.25, 0.3) is 0 Å². The van der Waals surface area contributed by atoms with E-state index in [0.717, 1.165) is 33.8 Å². The summed E-state index contributed by atoms with van der Waals surface area (Å²) < 4.78 is 0. The number of fused-ring (bicyclic) bond motifs is 1. The summed E-state index contributed by atoms with van der Waals surface area (Å²) in [6.45, 7) is 6.40. The van der Waals surface area contributed by atoms with Crippen molar-refractivity contribution < 1.29 is 0 Å². The molecule has 0 saturated heterocycles. The van der Waals surface area contributed by atoms with Gasteiger partial charge in [0.05, 0.1) is 11.2 Å². The molecule has 1 aromatic carbocycles. The summed E-state index contributed by atoms with van der Waals surface area (Å²) in [5, 5.41) is 11.8. The fourth-order valence-electron chi connectivity index (χ4n) is 2.70. The van der Waals surface area contributed by atoms with Gasteiger partial charge in [0.1, 0.15) is 11.6 Å². The van der Waals surface area contributed by atoms with Crippen LogP contribution in [0.25, 0.3) is 22.3 Å². The van der Waals surface area contributed by atoms with Crippen molar-refractivity contribution in [2.24, 2.45) is 0 Å². The Labute approximate surface area is 151 Å². The zero-order chi connectivity index (χ0) is 18.1. The van der Waals surface area contributed by atoms with E-state index in [-0.39, 0.29) is 5.41 Å². The quantitative estimate of drug-likeness (QED) is 0.574. The third-order valence-corrected chi connectivity index (χ3v) is 4.14. The fourth-order valence-corrected chi connectivity index (χ4v) is 2.70. The second-order valence-corrected chi connectivity index (χ2v) is 7.19. The van der Waals surface area contributed by atoms with Gasteiger partial charge in [0.15, 0.2) is 5.82 Å². The molecule has 0 spiro atoms. The minimum atomic E-state index is -0.0215. The Morgan fingerprint density at radius 3 is 2.46 bits per heavy atom. The van der Waals surface area contributed by atoms with Gasteiger partial charge in [0, 0.05) is 34.8 Å². The van der Waals surface area contributed by atoms with Crippen LogP contribution in [0.1, 0.15) is 26.5 Å². The van der Waals surface area contributed by atoms with E-state index in [4.69, 9.17) is 4.98 Å². The lowest BCUT2D eigenvalue weighted by Crippen LogP contribution is -2.11.